The Labute approximate surface area is 157 Å². The Morgan fingerprint density at radius 3 is 2.48 bits per heavy atom. The predicted molar refractivity (Wildman–Crippen MR) is 93.7 cm³/mol. The van der Waals surface area contributed by atoms with E-state index in [1.54, 1.807) is 6.92 Å². The van der Waals surface area contributed by atoms with Gasteiger partial charge in [-0.15, -0.1) is 0 Å². The molecule has 0 aliphatic carbocycles. The number of hydrogen-bond donors (Lipinski definition) is 2. The minimum Gasteiger partial charge on any atom is -0.351 e. The van der Waals surface area contributed by atoms with E-state index in [0.717, 1.165) is 23.5 Å². The highest BCUT2D eigenvalue weighted by Crippen LogP contribution is 2.31. The first-order valence-corrected chi connectivity index (χ1v) is 10.3. The van der Waals surface area contributed by atoms with Crippen LogP contribution in [0.2, 0.25) is 0 Å². The molecule has 1 aromatic rings. The van der Waals surface area contributed by atoms with Crippen molar-refractivity contribution in [2.75, 3.05) is 32.7 Å². The van der Waals surface area contributed by atoms with Crippen LogP contribution in [0.25, 0.3) is 0 Å². The molecule has 1 aromatic carbocycles. The molecule has 1 aliphatic rings. The summed E-state index contributed by atoms with van der Waals surface area (Å²) in [5.41, 5.74) is -0.992. The molecule has 0 bridgehead atoms. The molecule has 1 fully saturated rings. The Balaban J connectivity index is 2.06. The number of amides is 1. The summed E-state index contributed by atoms with van der Waals surface area (Å²) in [5.74, 6) is -0.0824. The summed E-state index contributed by atoms with van der Waals surface area (Å²) in [5, 5.41) is 2.82. The molecule has 6 nitrogen and oxygen atoms in total. The fourth-order valence-electron chi connectivity index (χ4n) is 3.02. The van der Waals surface area contributed by atoms with E-state index in [4.69, 9.17) is 0 Å². The van der Waals surface area contributed by atoms with Gasteiger partial charge in [0.25, 0.3) is 5.91 Å². The van der Waals surface area contributed by atoms with Crippen LogP contribution in [-0.2, 0) is 21.0 Å². The van der Waals surface area contributed by atoms with Gasteiger partial charge in [0.1, 0.15) is 0 Å². The van der Waals surface area contributed by atoms with Gasteiger partial charge in [0.15, 0.2) is 6.04 Å². The van der Waals surface area contributed by atoms with E-state index >= 15 is 0 Å². The van der Waals surface area contributed by atoms with Gasteiger partial charge in [-0.1, -0.05) is 13.0 Å². The zero-order valence-electron chi connectivity index (χ0n) is 15.3. The van der Waals surface area contributed by atoms with Crippen LogP contribution in [0, 0.1) is 0 Å². The Bertz CT molecular complexity index is 760. The summed E-state index contributed by atoms with van der Waals surface area (Å²) < 4.78 is 65.1. The molecule has 0 aromatic heterocycles. The molecule has 0 saturated carbocycles. The summed E-state index contributed by atoms with van der Waals surface area (Å²) in [6.45, 7) is 5.47. The number of benzene rings is 1. The number of piperazine rings is 1. The molecule has 1 amide bonds. The first-order chi connectivity index (χ1) is 12.6. The predicted octanol–water partition coefficient (Wildman–Crippen LogP) is 0.509. The lowest BCUT2D eigenvalue weighted by molar-refractivity contribution is -0.917. The molecule has 2 rings (SSSR count). The van der Waals surface area contributed by atoms with Gasteiger partial charge in [-0.3, -0.25) is 4.79 Å². The van der Waals surface area contributed by atoms with Crippen LogP contribution in [0.1, 0.15) is 25.8 Å². The van der Waals surface area contributed by atoms with E-state index in [1.165, 1.54) is 10.4 Å². The SMILES string of the molecule is CCCNC(=O)[C@H](C)[NH+]1CCN(S(=O)(=O)c2cccc(C(F)(F)F)c2)CC1. The average molecular weight is 408 g/mol. The number of halogens is 3. The van der Waals surface area contributed by atoms with Crippen LogP contribution in [0.3, 0.4) is 0 Å². The van der Waals surface area contributed by atoms with Gasteiger partial charge in [-0.25, -0.2) is 8.42 Å². The Morgan fingerprint density at radius 1 is 1.30 bits per heavy atom. The van der Waals surface area contributed by atoms with Crippen LogP contribution >= 0.6 is 0 Å². The van der Waals surface area contributed by atoms with Crippen molar-refractivity contribution in [2.45, 2.75) is 37.4 Å². The van der Waals surface area contributed by atoms with Crippen LogP contribution in [0.15, 0.2) is 29.2 Å². The summed E-state index contributed by atoms with van der Waals surface area (Å²) in [6, 6.07) is 3.46. The molecule has 1 heterocycles. The van der Waals surface area contributed by atoms with Crippen molar-refractivity contribution in [1.82, 2.24) is 9.62 Å². The van der Waals surface area contributed by atoms with E-state index in [9.17, 15) is 26.4 Å². The molecule has 0 unspecified atom stereocenters. The molecule has 27 heavy (non-hydrogen) atoms. The molecule has 1 saturated heterocycles. The average Bonchev–Trinajstić information content (AvgIpc) is 2.65. The van der Waals surface area contributed by atoms with Crippen LogP contribution in [-0.4, -0.2) is 57.4 Å². The van der Waals surface area contributed by atoms with Gasteiger partial charge in [0.2, 0.25) is 10.0 Å². The fourth-order valence-corrected chi connectivity index (χ4v) is 4.50. The van der Waals surface area contributed by atoms with E-state index in [0.29, 0.717) is 25.7 Å². The van der Waals surface area contributed by atoms with Crippen molar-refractivity contribution in [3.8, 4) is 0 Å². The number of nitrogens with zero attached hydrogens (tertiary/aromatic N) is 1. The van der Waals surface area contributed by atoms with Crippen molar-refractivity contribution >= 4 is 15.9 Å². The number of hydrogen-bond acceptors (Lipinski definition) is 3. The van der Waals surface area contributed by atoms with Crippen molar-refractivity contribution in [1.29, 1.82) is 0 Å². The summed E-state index contributed by atoms with van der Waals surface area (Å²) in [4.78, 5) is 12.7. The maximum Gasteiger partial charge on any atom is 0.416 e. The number of sulfonamides is 1. The Kier molecular flexibility index (Phi) is 6.87. The second-order valence-electron chi connectivity index (χ2n) is 6.60. The van der Waals surface area contributed by atoms with Gasteiger partial charge in [0.05, 0.1) is 36.6 Å². The monoisotopic (exact) mass is 408 g/mol. The molecule has 152 valence electrons. The largest absolute Gasteiger partial charge is 0.416 e. The Morgan fingerprint density at radius 2 is 1.93 bits per heavy atom. The van der Waals surface area contributed by atoms with E-state index in [-0.39, 0.29) is 29.9 Å². The zero-order valence-corrected chi connectivity index (χ0v) is 16.2. The molecular weight excluding hydrogens is 383 g/mol. The summed E-state index contributed by atoms with van der Waals surface area (Å²) in [7, 11) is -4.01. The van der Waals surface area contributed by atoms with Crippen LogP contribution < -0.4 is 10.2 Å². The topological polar surface area (TPSA) is 70.9 Å². The van der Waals surface area contributed by atoms with Crippen molar-refractivity contribution in [2.24, 2.45) is 0 Å². The number of alkyl halides is 3. The highest BCUT2D eigenvalue weighted by Gasteiger charge is 2.36. The first-order valence-electron chi connectivity index (χ1n) is 8.87. The highest BCUT2D eigenvalue weighted by molar-refractivity contribution is 7.89. The minimum atomic E-state index is -4.60. The lowest BCUT2D eigenvalue weighted by Crippen LogP contribution is -3.19. The van der Waals surface area contributed by atoms with Crippen molar-refractivity contribution < 1.29 is 31.3 Å². The van der Waals surface area contributed by atoms with Crippen molar-refractivity contribution in [3.05, 3.63) is 29.8 Å². The minimum absolute atomic E-state index is 0.0824. The molecule has 2 N–H and O–H groups in total. The third-order valence-electron chi connectivity index (χ3n) is 4.72. The standard InChI is InChI=1S/C17H24F3N3O3S/c1-3-7-21-16(24)13(2)22-8-10-23(11-9-22)27(25,26)15-6-4-5-14(12-15)17(18,19)20/h4-6,12-13H,3,7-11H2,1-2H3,(H,21,24)/p+1/t13-/m0/s1. The maximum absolute atomic E-state index is 12.9. The van der Waals surface area contributed by atoms with Gasteiger partial charge in [0, 0.05) is 6.54 Å². The van der Waals surface area contributed by atoms with Gasteiger partial charge >= 0.3 is 6.18 Å². The van der Waals surface area contributed by atoms with Gasteiger partial charge in [-0.05, 0) is 31.5 Å². The van der Waals surface area contributed by atoms with E-state index in [2.05, 4.69) is 5.32 Å². The third kappa shape index (κ3) is 5.20. The quantitative estimate of drug-likeness (QED) is 0.721. The lowest BCUT2D eigenvalue weighted by atomic mass is 10.2. The number of nitrogens with one attached hydrogen (secondary N) is 2. The molecule has 1 atom stereocenters. The molecule has 1 aliphatic heterocycles. The number of rotatable bonds is 6. The van der Waals surface area contributed by atoms with Crippen LogP contribution in [0.4, 0.5) is 13.2 Å². The van der Waals surface area contributed by atoms with Crippen LogP contribution in [0.5, 0.6) is 0 Å². The number of carbonyl (C=O) groups excluding carboxylic acids is 1. The Hall–Kier alpha value is -1.65. The molecule has 0 radical (unpaired) electrons. The van der Waals surface area contributed by atoms with Gasteiger partial charge < -0.3 is 10.2 Å². The molecule has 10 heteroatoms. The smallest absolute Gasteiger partial charge is 0.351 e. The molecule has 0 spiro atoms. The third-order valence-corrected chi connectivity index (χ3v) is 6.61. The van der Waals surface area contributed by atoms with E-state index < -0.39 is 21.8 Å². The second-order valence-corrected chi connectivity index (χ2v) is 8.54. The van der Waals surface area contributed by atoms with E-state index in [1.807, 2.05) is 6.92 Å². The lowest BCUT2D eigenvalue weighted by Gasteiger charge is -2.34. The number of quaternary nitrogens is 1. The molecular formula is C17H25F3N3O3S+. The highest BCUT2D eigenvalue weighted by atomic mass is 32.2. The number of carbonyl (C=O) groups is 1. The zero-order chi connectivity index (χ0) is 20.2. The summed E-state index contributed by atoms with van der Waals surface area (Å²) >= 11 is 0. The second kappa shape index (κ2) is 8.57. The summed E-state index contributed by atoms with van der Waals surface area (Å²) in [6.07, 6.45) is -3.77. The maximum atomic E-state index is 12.9. The normalized spacial score (nSPS) is 18.3. The van der Waals surface area contributed by atoms with Crippen molar-refractivity contribution in [3.63, 3.8) is 0 Å². The fraction of sp³-hybridized carbons (Fsp3) is 0.588. The first kappa shape index (κ1) is 21.6. The van der Waals surface area contributed by atoms with Gasteiger partial charge in [-0.2, -0.15) is 17.5 Å².